The number of carbonyl (C=O) groups excluding carboxylic acids is 1. The number of ether oxygens (including phenoxy) is 1. The Morgan fingerprint density at radius 3 is 2.40 bits per heavy atom. The van der Waals surface area contributed by atoms with Gasteiger partial charge in [0.1, 0.15) is 11.4 Å². The molecule has 1 N–H and O–H groups in total. The second-order valence-corrected chi connectivity index (χ2v) is 3.74. The third kappa shape index (κ3) is 3.13. The fraction of sp³-hybridized carbons (Fsp3) is 0.250. The van der Waals surface area contributed by atoms with Crippen LogP contribution in [0.2, 0.25) is 0 Å². The van der Waals surface area contributed by atoms with E-state index in [4.69, 9.17) is 9.84 Å². The zero-order valence-corrected chi connectivity index (χ0v) is 8.86. The molecule has 0 unspecified atom stereocenters. The number of aromatic hydroxyl groups is 1. The first-order chi connectivity index (χ1) is 6.94. The highest BCUT2D eigenvalue weighted by Crippen LogP contribution is 2.15. The summed E-state index contributed by atoms with van der Waals surface area (Å²) in [6.45, 7) is 7.07. The van der Waals surface area contributed by atoms with Gasteiger partial charge in [-0.1, -0.05) is 6.58 Å². The number of hydrogen-bond acceptors (Lipinski definition) is 3. The molecule has 0 aliphatic rings. The molecule has 0 fully saturated rings. The highest BCUT2D eigenvalue weighted by atomic mass is 16.6. The molecule has 1 rings (SSSR count). The predicted octanol–water partition coefficient (Wildman–Crippen LogP) is 2.51. The molecule has 0 atom stereocenters. The van der Waals surface area contributed by atoms with Crippen molar-refractivity contribution >= 4 is 5.97 Å². The van der Waals surface area contributed by atoms with Gasteiger partial charge in [-0.25, -0.2) is 4.79 Å². The molecule has 0 amide bonds. The van der Waals surface area contributed by atoms with Crippen LogP contribution in [0.3, 0.4) is 0 Å². The molecule has 3 heteroatoms. The summed E-state index contributed by atoms with van der Waals surface area (Å²) in [5.74, 6) is -0.311. The lowest BCUT2D eigenvalue weighted by molar-refractivity contribution is 0.0174. The van der Waals surface area contributed by atoms with E-state index in [1.54, 1.807) is 19.9 Å². The first-order valence-electron chi connectivity index (χ1n) is 4.60. The minimum absolute atomic E-state index is 0.120. The minimum Gasteiger partial charge on any atom is -0.508 e. The Balaban J connectivity index is 2.78. The lowest BCUT2D eigenvalue weighted by atomic mass is 10.1. The van der Waals surface area contributed by atoms with Crippen LogP contribution in [0.4, 0.5) is 0 Å². The van der Waals surface area contributed by atoms with E-state index in [1.165, 1.54) is 24.3 Å². The summed E-state index contributed by atoms with van der Waals surface area (Å²) in [6, 6.07) is 5.91. The van der Waals surface area contributed by atoms with Gasteiger partial charge in [-0.15, -0.1) is 0 Å². The Bertz CT molecular complexity index is 363. The van der Waals surface area contributed by atoms with Crippen molar-refractivity contribution in [3.63, 3.8) is 0 Å². The van der Waals surface area contributed by atoms with E-state index in [-0.39, 0.29) is 5.75 Å². The first-order valence-corrected chi connectivity index (χ1v) is 4.60. The molecule has 1 aromatic carbocycles. The van der Waals surface area contributed by atoms with E-state index >= 15 is 0 Å². The number of esters is 1. The van der Waals surface area contributed by atoms with Gasteiger partial charge in [0.05, 0.1) is 5.56 Å². The fourth-order valence-electron chi connectivity index (χ4n) is 0.937. The quantitative estimate of drug-likeness (QED) is 0.610. The SMILES string of the molecule is C=CC(C)(C)OC(=O)c1ccc(O)cc1. The molecule has 15 heavy (non-hydrogen) atoms. The number of hydrogen-bond donors (Lipinski definition) is 1. The van der Waals surface area contributed by atoms with Gasteiger partial charge in [0.25, 0.3) is 0 Å². The molecular weight excluding hydrogens is 192 g/mol. The molecule has 0 aliphatic carbocycles. The summed E-state index contributed by atoms with van der Waals surface area (Å²) in [4.78, 5) is 11.6. The number of benzene rings is 1. The molecule has 0 aliphatic heterocycles. The number of phenols is 1. The molecule has 80 valence electrons. The van der Waals surface area contributed by atoms with Crippen LogP contribution in [0, 0.1) is 0 Å². The van der Waals surface area contributed by atoms with E-state index in [9.17, 15) is 4.79 Å². The Morgan fingerprint density at radius 1 is 1.40 bits per heavy atom. The van der Waals surface area contributed by atoms with Gasteiger partial charge in [-0.3, -0.25) is 0 Å². The lowest BCUT2D eigenvalue weighted by Gasteiger charge is -2.20. The van der Waals surface area contributed by atoms with E-state index in [0.717, 1.165) is 0 Å². The Morgan fingerprint density at radius 2 is 1.93 bits per heavy atom. The van der Waals surface area contributed by atoms with E-state index in [1.807, 2.05) is 0 Å². The third-order valence-corrected chi connectivity index (χ3v) is 1.95. The zero-order chi connectivity index (χ0) is 11.5. The first kappa shape index (κ1) is 11.3. The van der Waals surface area contributed by atoms with Gasteiger partial charge in [0.15, 0.2) is 0 Å². The zero-order valence-electron chi connectivity index (χ0n) is 8.86. The topological polar surface area (TPSA) is 46.5 Å². The van der Waals surface area contributed by atoms with Gasteiger partial charge in [0.2, 0.25) is 0 Å². The van der Waals surface area contributed by atoms with Crippen molar-refractivity contribution in [3.8, 4) is 5.75 Å². The van der Waals surface area contributed by atoms with Gasteiger partial charge in [-0.2, -0.15) is 0 Å². The van der Waals surface area contributed by atoms with Crippen molar-refractivity contribution in [3.05, 3.63) is 42.5 Å². The molecule has 0 bridgehead atoms. The van der Waals surface area contributed by atoms with Crippen LogP contribution in [0.1, 0.15) is 24.2 Å². The second kappa shape index (κ2) is 4.17. The molecule has 3 nitrogen and oxygen atoms in total. The largest absolute Gasteiger partial charge is 0.508 e. The summed E-state index contributed by atoms with van der Waals surface area (Å²) in [6.07, 6.45) is 1.56. The van der Waals surface area contributed by atoms with Crippen LogP contribution >= 0.6 is 0 Å². The fourth-order valence-corrected chi connectivity index (χ4v) is 0.937. The van der Waals surface area contributed by atoms with Crippen molar-refractivity contribution in [2.24, 2.45) is 0 Å². The van der Waals surface area contributed by atoms with E-state index in [2.05, 4.69) is 6.58 Å². The Kier molecular flexibility index (Phi) is 3.14. The Hall–Kier alpha value is -1.77. The maximum Gasteiger partial charge on any atom is 0.338 e. The van der Waals surface area contributed by atoms with Gasteiger partial charge >= 0.3 is 5.97 Å². The van der Waals surface area contributed by atoms with E-state index < -0.39 is 11.6 Å². The highest BCUT2D eigenvalue weighted by molar-refractivity contribution is 5.89. The molecule has 0 saturated carbocycles. The smallest absolute Gasteiger partial charge is 0.338 e. The van der Waals surface area contributed by atoms with Crippen molar-refractivity contribution < 1.29 is 14.6 Å². The average molecular weight is 206 g/mol. The second-order valence-electron chi connectivity index (χ2n) is 3.74. The maximum absolute atomic E-state index is 11.6. The molecule has 0 radical (unpaired) electrons. The summed E-state index contributed by atoms with van der Waals surface area (Å²) >= 11 is 0. The predicted molar refractivity (Wildman–Crippen MR) is 57.8 cm³/mol. The summed E-state index contributed by atoms with van der Waals surface area (Å²) in [5.41, 5.74) is -0.280. The van der Waals surface area contributed by atoms with Gasteiger partial charge < -0.3 is 9.84 Å². The Labute approximate surface area is 89.0 Å². The number of rotatable bonds is 3. The average Bonchev–Trinajstić information content (AvgIpc) is 2.18. The van der Waals surface area contributed by atoms with Crippen LogP contribution in [0.15, 0.2) is 36.9 Å². The van der Waals surface area contributed by atoms with Crippen LogP contribution in [0.25, 0.3) is 0 Å². The highest BCUT2D eigenvalue weighted by Gasteiger charge is 2.19. The van der Waals surface area contributed by atoms with Crippen LogP contribution in [-0.2, 0) is 4.74 Å². The number of phenolic OH excluding ortho intramolecular Hbond substituents is 1. The monoisotopic (exact) mass is 206 g/mol. The molecule has 0 spiro atoms. The number of carbonyl (C=O) groups is 1. The summed E-state index contributed by atoms with van der Waals surface area (Å²) in [7, 11) is 0. The molecule has 1 aromatic rings. The molecule has 0 saturated heterocycles. The molecular formula is C12H14O3. The molecule has 0 aromatic heterocycles. The molecule has 0 heterocycles. The normalized spacial score (nSPS) is 10.8. The van der Waals surface area contributed by atoms with Crippen molar-refractivity contribution in [1.82, 2.24) is 0 Å². The van der Waals surface area contributed by atoms with Crippen molar-refractivity contribution in [2.45, 2.75) is 19.4 Å². The summed E-state index contributed by atoms with van der Waals surface area (Å²) in [5, 5.41) is 9.05. The van der Waals surface area contributed by atoms with Gasteiger partial charge in [-0.05, 0) is 44.2 Å². The van der Waals surface area contributed by atoms with E-state index in [0.29, 0.717) is 5.56 Å². The van der Waals surface area contributed by atoms with Crippen molar-refractivity contribution in [1.29, 1.82) is 0 Å². The van der Waals surface area contributed by atoms with Crippen molar-refractivity contribution in [2.75, 3.05) is 0 Å². The minimum atomic E-state index is -0.686. The maximum atomic E-state index is 11.6. The van der Waals surface area contributed by atoms with Crippen LogP contribution in [0.5, 0.6) is 5.75 Å². The van der Waals surface area contributed by atoms with Crippen LogP contribution in [-0.4, -0.2) is 16.7 Å². The van der Waals surface area contributed by atoms with Crippen LogP contribution < -0.4 is 0 Å². The lowest BCUT2D eigenvalue weighted by Crippen LogP contribution is -2.25. The summed E-state index contributed by atoms with van der Waals surface area (Å²) < 4.78 is 5.17. The van der Waals surface area contributed by atoms with Gasteiger partial charge in [0, 0.05) is 0 Å². The standard InChI is InChI=1S/C12H14O3/c1-4-12(2,3)15-11(14)9-5-7-10(13)8-6-9/h4-8,13H,1H2,2-3H3. The third-order valence-electron chi connectivity index (χ3n) is 1.95.